The fourth-order valence-electron chi connectivity index (χ4n) is 3.00. The van der Waals surface area contributed by atoms with Gasteiger partial charge in [0.2, 0.25) is 5.91 Å². The highest BCUT2D eigenvalue weighted by molar-refractivity contribution is 5.97. The molecule has 2 aliphatic rings. The van der Waals surface area contributed by atoms with Crippen molar-refractivity contribution in [2.75, 3.05) is 26.7 Å². The number of aliphatic hydroxyl groups excluding tert-OH is 1. The van der Waals surface area contributed by atoms with Crippen LogP contribution in [0.2, 0.25) is 0 Å². The molecule has 6 heteroatoms. The summed E-state index contributed by atoms with van der Waals surface area (Å²) in [6.07, 6.45) is 0.917. The Labute approximate surface area is 113 Å². The zero-order valence-electron chi connectivity index (χ0n) is 11.8. The number of aliphatic hydroxyl groups is 1. The molecule has 19 heavy (non-hydrogen) atoms. The van der Waals surface area contributed by atoms with Crippen molar-refractivity contribution in [2.24, 2.45) is 5.92 Å². The van der Waals surface area contributed by atoms with E-state index in [0.717, 1.165) is 12.8 Å². The number of carbonyl (C=O) groups excluding carboxylic acids is 2. The van der Waals surface area contributed by atoms with E-state index < -0.39 is 11.8 Å². The molecule has 0 aromatic rings. The van der Waals surface area contributed by atoms with Gasteiger partial charge in [0.1, 0.15) is 11.8 Å². The Morgan fingerprint density at radius 3 is 2.74 bits per heavy atom. The van der Waals surface area contributed by atoms with Crippen LogP contribution in [0.25, 0.3) is 0 Å². The van der Waals surface area contributed by atoms with E-state index in [1.54, 1.807) is 16.8 Å². The van der Waals surface area contributed by atoms with Crippen LogP contribution in [0.1, 0.15) is 26.7 Å². The normalized spacial score (nSPS) is 28.2. The van der Waals surface area contributed by atoms with Gasteiger partial charge >= 0.3 is 0 Å². The average molecular weight is 269 g/mol. The Balaban J connectivity index is 2.05. The topological polar surface area (TPSA) is 72.9 Å². The van der Waals surface area contributed by atoms with Gasteiger partial charge in [-0.25, -0.2) is 0 Å². The largest absolute Gasteiger partial charge is 0.377 e. The summed E-state index contributed by atoms with van der Waals surface area (Å²) in [5, 5.41) is 12.2. The van der Waals surface area contributed by atoms with Crippen LogP contribution in [-0.4, -0.2) is 65.2 Å². The maximum absolute atomic E-state index is 12.4. The number of likely N-dealkylation sites (tertiary alicyclic amines) is 2. The Kier molecular flexibility index (Phi) is 3.82. The van der Waals surface area contributed by atoms with Crippen molar-refractivity contribution >= 4 is 11.8 Å². The summed E-state index contributed by atoms with van der Waals surface area (Å²) in [4.78, 5) is 27.9. The lowest BCUT2D eigenvalue weighted by Crippen LogP contribution is -2.74. The molecule has 6 nitrogen and oxygen atoms in total. The second-order valence-corrected chi connectivity index (χ2v) is 5.77. The summed E-state index contributed by atoms with van der Waals surface area (Å²) in [6, 6.07) is 0. The predicted molar refractivity (Wildman–Crippen MR) is 70.2 cm³/mol. The Morgan fingerprint density at radius 2 is 2.21 bits per heavy atom. The fourth-order valence-corrected chi connectivity index (χ4v) is 3.00. The lowest BCUT2D eigenvalue weighted by Gasteiger charge is -2.51. The summed E-state index contributed by atoms with van der Waals surface area (Å²) in [5.74, 6) is -0.0484. The molecule has 108 valence electrons. The first kappa shape index (κ1) is 14.3. The van der Waals surface area contributed by atoms with E-state index in [1.165, 1.54) is 0 Å². The molecule has 2 unspecified atom stereocenters. The van der Waals surface area contributed by atoms with Crippen LogP contribution in [0.4, 0.5) is 0 Å². The van der Waals surface area contributed by atoms with Crippen molar-refractivity contribution in [2.45, 2.75) is 38.5 Å². The van der Waals surface area contributed by atoms with Gasteiger partial charge in [-0.15, -0.1) is 0 Å². The van der Waals surface area contributed by atoms with Gasteiger partial charge in [-0.1, -0.05) is 13.8 Å². The number of nitrogens with one attached hydrogen (secondary N) is 1. The average Bonchev–Trinajstić information content (AvgIpc) is 2.83. The smallest absolute Gasteiger partial charge is 0.250 e. The van der Waals surface area contributed by atoms with E-state index >= 15 is 0 Å². The third-order valence-electron chi connectivity index (χ3n) is 4.11. The van der Waals surface area contributed by atoms with E-state index in [-0.39, 0.29) is 24.3 Å². The van der Waals surface area contributed by atoms with E-state index in [0.29, 0.717) is 13.1 Å². The molecule has 2 atom stereocenters. The Bertz CT molecular complexity index is 385. The number of nitrogens with zero attached hydrogens (tertiary/aromatic N) is 2. The van der Waals surface area contributed by atoms with Gasteiger partial charge in [0, 0.05) is 12.5 Å². The molecule has 2 amide bonds. The van der Waals surface area contributed by atoms with Gasteiger partial charge in [0.25, 0.3) is 5.91 Å². The molecular formula is C13H23N3O3. The maximum atomic E-state index is 12.4. The molecule has 2 fully saturated rings. The van der Waals surface area contributed by atoms with Gasteiger partial charge in [-0.05, 0) is 19.9 Å². The molecule has 0 radical (unpaired) electrons. The monoisotopic (exact) mass is 269 g/mol. The highest BCUT2D eigenvalue weighted by atomic mass is 16.3. The standard InChI is InChI=1S/C13H23N3O3/c1-9(2)11(18)16-6-4-5-13(16)8-15(12(13)19)7-10(17)14-3/h9-10,14,17H,4-8H2,1-3H3. The molecule has 2 saturated heterocycles. The van der Waals surface area contributed by atoms with Crippen LogP contribution in [0.5, 0.6) is 0 Å². The van der Waals surface area contributed by atoms with Crippen molar-refractivity contribution < 1.29 is 14.7 Å². The van der Waals surface area contributed by atoms with E-state index in [2.05, 4.69) is 5.32 Å². The minimum atomic E-state index is -0.711. The van der Waals surface area contributed by atoms with Gasteiger partial charge in [0.15, 0.2) is 0 Å². The van der Waals surface area contributed by atoms with Gasteiger partial charge < -0.3 is 14.9 Å². The first-order valence-corrected chi connectivity index (χ1v) is 6.88. The lowest BCUT2D eigenvalue weighted by atomic mass is 9.85. The van der Waals surface area contributed by atoms with Crippen molar-refractivity contribution in [3.05, 3.63) is 0 Å². The van der Waals surface area contributed by atoms with Crippen molar-refractivity contribution in [3.8, 4) is 0 Å². The molecular weight excluding hydrogens is 246 g/mol. The van der Waals surface area contributed by atoms with Crippen LogP contribution in [0.15, 0.2) is 0 Å². The molecule has 2 heterocycles. The Hall–Kier alpha value is -1.14. The maximum Gasteiger partial charge on any atom is 0.250 e. The number of hydrogen-bond donors (Lipinski definition) is 2. The second-order valence-electron chi connectivity index (χ2n) is 5.77. The van der Waals surface area contributed by atoms with Crippen molar-refractivity contribution in [3.63, 3.8) is 0 Å². The number of rotatable bonds is 4. The van der Waals surface area contributed by atoms with Crippen molar-refractivity contribution in [1.82, 2.24) is 15.1 Å². The van der Waals surface area contributed by atoms with Gasteiger partial charge in [-0.2, -0.15) is 0 Å². The third-order valence-corrected chi connectivity index (χ3v) is 4.11. The molecule has 0 bridgehead atoms. The van der Waals surface area contributed by atoms with Crippen LogP contribution < -0.4 is 5.32 Å². The third kappa shape index (κ3) is 2.23. The lowest BCUT2D eigenvalue weighted by molar-refractivity contribution is -0.170. The first-order valence-electron chi connectivity index (χ1n) is 6.88. The number of β-lactam (4-membered cyclic amide) rings is 1. The highest BCUT2D eigenvalue weighted by Gasteiger charge is 2.59. The Morgan fingerprint density at radius 1 is 1.53 bits per heavy atom. The number of hydrogen-bond acceptors (Lipinski definition) is 4. The quantitative estimate of drug-likeness (QED) is 0.527. The van der Waals surface area contributed by atoms with E-state index in [1.807, 2.05) is 13.8 Å². The summed E-state index contributed by atoms with van der Waals surface area (Å²) in [5.41, 5.74) is -0.616. The van der Waals surface area contributed by atoms with E-state index in [9.17, 15) is 14.7 Å². The number of β-amino-alcohol motifs (C(OH)–C–C–N with tert-alkyl or cyclic N) is 1. The summed E-state index contributed by atoms with van der Waals surface area (Å²) in [6.45, 7) is 5.22. The highest BCUT2D eigenvalue weighted by Crippen LogP contribution is 2.39. The van der Waals surface area contributed by atoms with E-state index in [4.69, 9.17) is 0 Å². The SMILES string of the molecule is CNC(O)CN1CC2(CCCN2C(=O)C(C)C)C1=O. The molecule has 2 aliphatic heterocycles. The summed E-state index contributed by atoms with van der Waals surface area (Å²) < 4.78 is 0. The minimum absolute atomic E-state index is 0.0201. The van der Waals surface area contributed by atoms with Crippen LogP contribution in [0, 0.1) is 5.92 Å². The first-order chi connectivity index (χ1) is 8.92. The van der Waals surface area contributed by atoms with Gasteiger partial charge in [-0.3, -0.25) is 14.9 Å². The molecule has 1 spiro atoms. The van der Waals surface area contributed by atoms with Gasteiger partial charge in [0.05, 0.1) is 13.1 Å². The van der Waals surface area contributed by atoms with Crippen LogP contribution in [0.3, 0.4) is 0 Å². The number of likely N-dealkylation sites (N-methyl/N-ethyl adjacent to an activating group) is 1. The molecule has 2 rings (SSSR count). The minimum Gasteiger partial charge on any atom is -0.377 e. The van der Waals surface area contributed by atoms with Crippen LogP contribution in [-0.2, 0) is 9.59 Å². The number of carbonyl (C=O) groups is 2. The molecule has 0 aliphatic carbocycles. The second kappa shape index (κ2) is 5.09. The van der Waals surface area contributed by atoms with Crippen molar-refractivity contribution in [1.29, 1.82) is 0 Å². The van der Waals surface area contributed by atoms with Crippen LogP contribution >= 0.6 is 0 Å². The molecule has 2 N–H and O–H groups in total. The summed E-state index contributed by atoms with van der Waals surface area (Å²) in [7, 11) is 1.65. The predicted octanol–water partition coefficient (Wildman–Crippen LogP) is -0.616. The fraction of sp³-hybridized carbons (Fsp3) is 0.846. The zero-order valence-corrected chi connectivity index (χ0v) is 11.8. The molecule has 0 aromatic carbocycles. The molecule has 0 aromatic heterocycles. The zero-order chi connectivity index (χ0) is 14.2. The molecule has 0 saturated carbocycles. The number of amides is 2. The summed E-state index contributed by atoms with van der Waals surface area (Å²) >= 11 is 0.